The molecule has 0 aromatic heterocycles. The van der Waals surface area contributed by atoms with Crippen LogP contribution >= 0.6 is 27.5 Å². The molecule has 0 radical (unpaired) electrons. The first-order chi connectivity index (χ1) is 6.50. The van der Waals surface area contributed by atoms with Crippen molar-refractivity contribution in [2.45, 2.75) is 38.5 Å². The molecular weight excluding hydrogens is 259 g/mol. The summed E-state index contributed by atoms with van der Waals surface area (Å²) in [6.07, 6.45) is 3.71. The van der Waals surface area contributed by atoms with Gasteiger partial charge in [0, 0.05) is 9.50 Å². The summed E-state index contributed by atoms with van der Waals surface area (Å²) < 4.78 is 1.17. The van der Waals surface area contributed by atoms with Gasteiger partial charge in [0.2, 0.25) is 0 Å². The summed E-state index contributed by atoms with van der Waals surface area (Å²) in [7, 11) is 0. The van der Waals surface area contributed by atoms with E-state index in [1.165, 1.54) is 34.9 Å². The molecule has 0 fully saturated rings. The van der Waals surface area contributed by atoms with E-state index in [9.17, 15) is 0 Å². The van der Waals surface area contributed by atoms with Gasteiger partial charge in [-0.25, -0.2) is 0 Å². The van der Waals surface area contributed by atoms with Gasteiger partial charge in [0.25, 0.3) is 0 Å². The first-order valence-corrected chi connectivity index (χ1v) is 6.16. The van der Waals surface area contributed by atoms with Crippen molar-refractivity contribution in [3.63, 3.8) is 0 Å². The van der Waals surface area contributed by atoms with Crippen molar-refractivity contribution in [1.29, 1.82) is 0 Å². The zero-order chi connectivity index (χ0) is 10.3. The Kier molecular flexibility index (Phi) is 2.65. The fourth-order valence-corrected chi connectivity index (χ4v) is 3.31. The van der Waals surface area contributed by atoms with Crippen LogP contribution in [-0.2, 0) is 11.8 Å². The number of hydrogen-bond donors (Lipinski definition) is 0. The quantitative estimate of drug-likeness (QED) is 0.642. The number of fused-ring (bicyclic) bond motifs is 1. The summed E-state index contributed by atoms with van der Waals surface area (Å²) in [5.41, 5.74) is 3.15. The van der Waals surface area contributed by atoms with Gasteiger partial charge < -0.3 is 0 Å². The molecule has 0 heterocycles. The highest BCUT2D eigenvalue weighted by atomic mass is 79.9. The van der Waals surface area contributed by atoms with Gasteiger partial charge in [0.1, 0.15) is 0 Å². The summed E-state index contributed by atoms with van der Waals surface area (Å²) in [5, 5.41) is 0.839. The monoisotopic (exact) mass is 272 g/mol. The SMILES string of the molecule is CC1(C)CCCc2c(Br)cc(Cl)cc21. The van der Waals surface area contributed by atoms with Crippen LogP contribution in [0.1, 0.15) is 37.8 Å². The summed E-state index contributed by atoms with van der Waals surface area (Å²) >= 11 is 9.68. The van der Waals surface area contributed by atoms with Gasteiger partial charge in [-0.2, -0.15) is 0 Å². The Balaban J connectivity index is 2.63. The van der Waals surface area contributed by atoms with E-state index in [0.29, 0.717) is 0 Å². The lowest BCUT2D eigenvalue weighted by molar-refractivity contribution is 0.431. The third-order valence-electron chi connectivity index (χ3n) is 3.12. The number of benzene rings is 1. The highest BCUT2D eigenvalue weighted by Crippen LogP contribution is 2.41. The molecule has 0 atom stereocenters. The van der Waals surface area contributed by atoms with Gasteiger partial charge >= 0.3 is 0 Å². The second-order valence-corrected chi connectivity index (χ2v) is 5.94. The molecule has 2 heteroatoms. The van der Waals surface area contributed by atoms with Gasteiger partial charge in [-0.1, -0.05) is 41.4 Å². The predicted molar refractivity (Wildman–Crippen MR) is 65.1 cm³/mol. The van der Waals surface area contributed by atoms with E-state index in [1.807, 2.05) is 6.07 Å². The highest BCUT2D eigenvalue weighted by molar-refractivity contribution is 9.10. The molecule has 2 rings (SSSR count). The summed E-state index contributed by atoms with van der Waals surface area (Å²) in [5.74, 6) is 0. The second kappa shape index (κ2) is 3.53. The van der Waals surface area contributed by atoms with E-state index in [4.69, 9.17) is 11.6 Å². The molecule has 14 heavy (non-hydrogen) atoms. The standard InChI is InChI=1S/C12H14BrCl/c1-12(2)5-3-4-9-10(12)6-8(14)7-11(9)13/h6-7H,3-5H2,1-2H3. The largest absolute Gasteiger partial charge is 0.0843 e. The summed E-state index contributed by atoms with van der Waals surface area (Å²) in [4.78, 5) is 0. The van der Waals surface area contributed by atoms with Crippen LogP contribution in [0.2, 0.25) is 5.02 Å². The average Bonchev–Trinajstić information content (AvgIpc) is 2.06. The second-order valence-electron chi connectivity index (χ2n) is 4.65. The van der Waals surface area contributed by atoms with Gasteiger partial charge in [-0.15, -0.1) is 0 Å². The topological polar surface area (TPSA) is 0 Å². The Bertz CT molecular complexity index is 369. The van der Waals surface area contributed by atoms with E-state index in [-0.39, 0.29) is 5.41 Å². The Morgan fingerprint density at radius 3 is 2.79 bits per heavy atom. The average molecular weight is 274 g/mol. The maximum Gasteiger partial charge on any atom is 0.0420 e. The van der Waals surface area contributed by atoms with Crippen LogP contribution in [0.5, 0.6) is 0 Å². The molecule has 0 saturated carbocycles. The van der Waals surface area contributed by atoms with Crippen LogP contribution in [0.3, 0.4) is 0 Å². The van der Waals surface area contributed by atoms with E-state index in [2.05, 4.69) is 35.8 Å². The minimum absolute atomic E-state index is 0.279. The van der Waals surface area contributed by atoms with Crippen LogP contribution in [0.4, 0.5) is 0 Å². The lowest BCUT2D eigenvalue weighted by atomic mass is 9.73. The van der Waals surface area contributed by atoms with E-state index < -0.39 is 0 Å². The molecule has 0 nitrogen and oxygen atoms in total. The zero-order valence-electron chi connectivity index (χ0n) is 8.53. The smallest absolute Gasteiger partial charge is 0.0420 e. The fraction of sp³-hybridized carbons (Fsp3) is 0.500. The summed E-state index contributed by atoms with van der Waals surface area (Å²) in [6.45, 7) is 4.60. The van der Waals surface area contributed by atoms with Crippen molar-refractivity contribution in [2.75, 3.05) is 0 Å². The van der Waals surface area contributed by atoms with E-state index in [0.717, 1.165) is 5.02 Å². The molecule has 1 aromatic rings. The number of hydrogen-bond acceptors (Lipinski definition) is 0. The molecule has 76 valence electrons. The van der Waals surface area contributed by atoms with Crippen LogP contribution < -0.4 is 0 Å². The van der Waals surface area contributed by atoms with Gasteiger partial charge in [0.15, 0.2) is 0 Å². The van der Waals surface area contributed by atoms with Crippen LogP contribution in [-0.4, -0.2) is 0 Å². The van der Waals surface area contributed by atoms with Crippen molar-refractivity contribution < 1.29 is 0 Å². The molecule has 0 N–H and O–H groups in total. The van der Waals surface area contributed by atoms with Gasteiger partial charge in [-0.05, 0) is 47.9 Å². The van der Waals surface area contributed by atoms with Crippen LogP contribution in [0.15, 0.2) is 16.6 Å². The molecule has 1 aromatic carbocycles. The molecule has 1 aliphatic rings. The lowest BCUT2D eigenvalue weighted by Gasteiger charge is -2.33. The predicted octanol–water partition coefficient (Wildman–Crippen LogP) is 4.72. The first kappa shape index (κ1) is 10.5. The Hall–Kier alpha value is -0.0100. The molecule has 1 aliphatic carbocycles. The molecule has 0 amide bonds. The van der Waals surface area contributed by atoms with Crippen LogP contribution in [0.25, 0.3) is 0 Å². The van der Waals surface area contributed by atoms with Crippen molar-refractivity contribution in [3.05, 3.63) is 32.8 Å². The fourth-order valence-electron chi connectivity index (χ4n) is 2.30. The van der Waals surface area contributed by atoms with Gasteiger partial charge in [-0.3, -0.25) is 0 Å². The molecule has 0 unspecified atom stereocenters. The third kappa shape index (κ3) is 1.72. The number of halogens is 2. The Morgan fingerprint density at radius 1 is 1.36 bits per heavy atom. The van der Waals surface area contributed by atoms with Crippen molar-refractivity contribution in [1.82, 2.24) is 0 Å². The van der Waals surface area contributed by atoms with E-state index in [1.54, 1.807) is 0 Å². The maximum absolute atomic E-state index is 6.08. The molecular formula is C12H14BrCl. The molecule has 0 bridgehead atoms. The first-order valence-electron chi connectivity index (χ1n) is 4.99. The lowest BCUT2D eigenvalue weighted by Crippen LogP contribution is -2.24. The minimum Gasteiger partial charge on any atom is -0.0843 e. The minimum atomic E-state index is 0.279. The molecule has 0 spiro atoms. The Labute approximate surface area is 98.8 Å². The maximum atomic E-state index is 6.08. The van der Waals surface area contributed by atoms with Crippen molar-refractivity contribution >= 4 is 27.5 Å². The highest BCUT2D eigenvalue weighted by Gasteiger charge is 2.28. The zero-order valence-corrected chi connectivity index (χ0v) is 10.9. The summed E-state index contributed by atoms with van der Waals surface area (Å²) in [6, 6.07) is 4.13. The normalized spacial score (nSPS) is 19.1. The van der Waals surface area contributed by atoms with Crippen molar-refractivity contribution in [3.8, 4) is 0 Å². The van der Waals surface area contributed by atoms with Crippen molar-refractivity contribution in [2.24, 2.45) is 0 Å². The molecule has 0 aliphatic heterocycles. The molecule has 0 saturated heterocycles. The third-order valence-corrected chi connectivity index (χ3v) is 4.04. The number of rotatable bonds is 0. The van der Waals surface area contributed by atoms with E-state index >= 15 is 0 Å². The van der Waals surface area contributed by atoms with Gasteiger partial charge in [0.05, 0.1) is 0 Å². The van der Waals surface area contributed by atoms with Crippen LogP contribution in [0, 0.1) is 0 Å². The Morgan fingerprint density at radius 2 is 2.07 bits per heavy atom.